The van der Waals surface area contributed by atoms with Crippen LogP contribution in [0.1, 0.15) is 11.3 Å². The summed E-state index contributed by atoms with van der Waals surface area (Å²) in [6, 6.07) is 12.3. The minimum Gasteiger partial charge on any atom is -0.358 e. The second kappa shape index (κ2) is 5.92. The molecule has 0 aliphatic rings. The van der Waals surface area contributed by atoms with Gasteiger partial charge in [0.25, 0.3) is 0 Å². The van der Waals surface area contributed by atoms with Crippen LogP contribution in [0, 0.1) is 6.92 Å². The van der Waals surface area contributed by atoms with Crippen LogP contribution >= 0.6 is 15.9 Å². The molecule has 0 unspecified atom stereocenters. The van der Waals surface area contributed by atoms with Crippen molar-refractivity contribution >= 4 is 48.8 Å². The molecule has 0 saturated carbocycles. The van der Waals surface area contributed by atoms with Crippen molar-refractivity contribution in [1.82, 2.24) is 4.98 Å². The quantitative estimate of drug-likeness (QED) is 0.667. The summed E-state index contributed by atoms with van der Waals surface area (Å²) in [4.78, 5) is 7.63. The Balaban J connectivity index is 2.14. The molecule has 118 valence electrons. The minimum absolute atomic E-state index is 0.00723. The molecule has 0 radical (unpaired) electrons. The summed E-state index contributed by atoms with van der Waals surface area (Å²) in [5.41, 5.74) is 3.15. The van der Waals surface area contributed by atoms with Gasteiger partial charge in [-0.05, 0) is 31.2 Å². The standard InChI is InChI=1S/C16H14BrN3O2S/c1-10-11(16-12(17)5-4-7-14(16)20-10)9-19-13-6-2-3-8-15(13)23(18,21)22/h2-9,20H,1H3,(H2,18,21,22). The van der Waals surface area contributed by atoms with Gasteiger partial charge in [0.2, 0.25) is 10.0 Å². The number of aliphatic imine (C=N–C) groups is 1. The van der Waals surface area contributed by atoms with Crippen molar-refractivity contribution in [3.8, 4) is 0 Å². The molecule has 2 aromatic carbocycles. The summed E-state index contributed by atoms with van der Waals surface area (Å²) in [6.07, 6.45) is 1.66. The molecule has 3 rings (SSSR count). The Kier molecular flexibility index (Phi) is 4.09. The van der Waals surface area contributed by atoms with Gasteiger partial charge in [0.1, 0.15) is 4.90 Å². The first kappa shape index (κ1) is 15.9. The van der Waals surface area contributed by atoms with Crippen molar-refractivity contribution in [3.63, 3.8) is 0 Å². The number of H-pyrrole nitrogens is 1. The van der Waals surface area contributed by atoms with Crippen LogP contribution in [0.25, 0.3) is 10.9 Å². The lowest BCUT2D eigenvalue weighted by Gasteiger charge is -2.02. The summed E-state index contributed by atoms with van der Waals surface area (Å²) in [5, 5.41) is 6.24. The summed E-state index contributed by atoms with van der Waals surface area (Å²) in [7, 11) is -3.82. The van der Waals surface area contributed by atoms with Crippen molar-refractivity contribution in [2.24, 2.45) is 10.1 Å². The number of rotatable bonds is 3. The Morgan fingerprint density at radius 2 is 1.91 bits per heavy atom. The summed E-state index contributed by atoms with van der Waals surface area (Å²) < 4.78 is 24.2. The summed E-state index contributed by atoms with van der Waals surface area (Å²) in [5.74, 6) is 0. The first-order valence-corrected chi connectivity index (χ1v) is 9.14. The lowest BCUT2D eigenvalue weighted by molar-refractivity contribution is 0.598. The van der Waals surface area contributed by atoms with Gasteiger partial charge >= 0.3 is 0 Å². The number of aromatic nitrogens is 1. The molecule has 0 aliphatic heterocycles. The van der Waals surface area contributed by atoms with Gasteiger partial charge in [-0.15, -0.1) is 0 Å². The number of fused-ring (bicyclic) bond motifs is 1. The number of nitrogens with zero attached hydrogens (tertiary/aromatic N) is 1. The second-order valence-corrected chi connectivity index (χ2v) is 7.48. The highest BCUT2D eigenvalue weighted by atomic mass is 79.9. The third kappa shape index (κ3) is 3.08. The van der Waals surface area contributed by atoms with Crippen LogP contribution in [0.15, 0.2) is 56.8 Å². The predicted molar refractivity (Wildman–Crippen MR) is 95.8 cm³/mol. The molecular weight excluding hydrogens is 378 g/mol. The molecule has 23 heavy (non-hydrogen) atoms. The number of halogens is 1. The van der Waals surface area contributed by atoms with Crippen LogP contribution in [0.5, 0.6) is 0 Å². The first-order chi connectivity index (χ1) is 10.9. The topological polar surface area (TPSA) is 88.3 Å². The fourth-order valence-corrected chi connectivity index (χ4v) is 3.72. The van der Waals surface area contributed by atoms with Crippen molar-refractivity contribution in [3.05, 3.63) is 58.2 Å². The minimum atomic E-state index is -3.82. The van der Waals surface area contributed by atoms with E-state index >= 15 is 0 Å². The average molecular weight is 392 g/mol. The molecule has 0 spiro atoms. The molecule has 0 saturated heterocycles. The van der Waals surface area contributed by atoms with Gasteiger partial charge in [-0.3, -0.25) is 4.99 Å². The number of aryl methyl sites for hydroxylation is 1. The number of hydrogen-bond acceptors (Lipinski definition) is 3. The number of benzene rings is 2. The van der Waals surface area contributed by atoms with E-state index in [1.165, 1.54) is 6.07 Å². The van der Waals surface area contributed by atoms with Crippen molar-refractivity contribution in [2.75, 3.05) is 0 Å². The van der Waals surface area contributed by atoms with Crippen LogP contribution in [0.4, 0.5) is 5.69 Å². The van der Waals surface area contributed by atoms with Gasteiger partial charge in [-0.25, -0.2) is 13.6 Å². The van der Waals surface area contributed by atoms with Crippen LogP contribution < -0.4 is 5.14 Å². The van der Waals surface area contributed by atoms with Crippen molar-refractivity contribution in [1.29, 1.82) is 0 Å². The van der Waals surface area contributed by atoms with Crippen LogP contribution in [-0.4, -0.2) is 19.6 Å². The molecule has 0 bridgehead atoms. The number of hydrogen-bond donors (Lipinski definition) is 2. The van der Waals surface area contributed by atoms with E-state index in [4.69, 9.17) is 5.14 Å². The zero-order valence-electron chi connectivity index (χ0n) is 12.2. The van der Waals surface area contributed by atoms with Gasteiger partial charge in [0.15, 0.2) is 0 Å². The highest BCUT2D eigenvalue weighted by molar-refractivity contribution is 9.10. The molecule has 0 aliphatic carbocycles. The lowest BCUT2D eigenvalue weighted by atomic mass is 10.1. The van der Waals surface area contributed by atoms with Crippen molar-refractivity contribution in [2.45, 2.75) is 11.8 Å². The number of nitrogens with two attached hydrogens (primary N) is 1. The molecular formula is C16H14BrN3O2S. The molecule has 1 aromatic heterocycles. The van der Waals surface area contributed by atoms with Gasteiger partial charge in [-0.1, -0.05) is 34.1 Å². The normalized spacial score (nSPS) is 12.3. The van der Waals surface area contributed by atoms with E-state index in [0.29, 0.717) is 5.69 Å². The zero-order chi connectivity index (χ0) is 16.6. The third-order valence-corrected chi connectivity index (χ3v) is 5.13. The predicted octanol–water partition coefficient (Wildman–Crippen LogP) is 3.64. The fourth-order valence-electron chi connectivity index (χ4n) is 2.46. The maximum absolute atomic E-state index is 11.6. The number of sulfonamides is 1. The van der Waals surface area contributed by atoms with E-state index in [2.05, 4.69) is 25.9 Å². The monoisotopic (exact) mass is 391 g/mol. The average Bonchev–Trinajstić information content (AvgIpc) is 2.81. The van der Waals surface area contributed by atoms with Gasteiger partial charge < -0.3 is 4.98 Å². The fraction of sp³-hybridized carbons (Fsp3) is 0.0625. The van der Waals surface area contributed by atoms with Gasteiger partial charge in [0.05, 0.1) is 5.69 Å². The molecule has 5 nitrogen and oxygen atoms in total. The van der Waals surface area contributed by atoms with Crippen LogP contribution in [0.2, 0.25) is 0 Å². The summed E-state index contributed by atoms with van der Waals surface area (Å²) in [6.45, 7) is 1.94. The van der Waals surface area contributed by atoms with E-state index < -0.39 is 10.0 Å². The van der Waals surface area contributed by atoms with E-state index in [1.54, 1.807) is 24.4 Å². The van der Waals surface area contributed by atoms with Crippen LogP contribution in [0.3, 0.4) is 0 Å². The molecule has 1 heterocycles. The summed E-state index contributed by atoms with van der Waals surface area (Å²) >= 11 is 3.54. The molecule has 3 N–H and O–H groups in total. The maximum Gasteiger partial charge on any atom is 0.240 e. The van der Waals surface area contributed by atoms with E-state index in [0.717, 1.165) is 26.6 Å². The Hall–Kier alpha value is -1.96. The Bertz CT molecular complexity index is 1020. The highest BCUT2D eigenvalue weighted by Crippen LogP contribution is 2.29. The maximum atomic E-state index is 11.6. The second-order valence-electron chi connectivity index (χ2n) is 5.10. The highest BCUT2D eigenvalue weighted by Gasteiger charge is 2.13. The number of para-hydroxylation sites is 1. The number of primary sulfonamides is 1. The van der Waals surface area contributed by atoms with E-state index in [1.807, 2.05) is 25.1 Å². The first-order valence-electron chi connectivity index (χ1n) is 6.80. The molecule has 0 atom stereocenters. The lowest BCUT2D eigenvalue weighted by Crippen LogP contribution is -2.12. The SMILES string of the molecule is Cc1[nH]c2cccc(Br)c2c1C=Nc1ccccc1S(N)(=O)=O. The smallest absolute Gasteiger partial charge is 0.240 e. The van der Waals surface area contributed by atoms with Gasteiger partial charge in [0, 0.05) is 32.8 Å². The Morgan fingerprint density at radius 1 is 1.17 bits per heavy atom. The van der Waals surface area contributed by atoms with Crippen LogP contribution in [-0.2, 0) is 10.0 Å². The molecule has 3 aromatic rings. The molecule has 0 fully saturated rings. The van der Waals surface area contributed by atoms with Crippen molar-refractivity contribution < 1.29 is 8.42 Å². The largest absolute Gasteiger partial charge is 0.358 e. The van der Waals surface area contributed by atoms with Gasteiger partial charge in [-0.2, -0.15) is 0 Å². The zero-order valence-corrected chi connectivity index (χ0v) is 14.6. The number of nitrogens with one attached hydrogen (secondary N) is 1. The van der Waals surface area contributed by atoms with E-state index in [9.17, 15) is 8.42 Å². The Morgan fingerprint density at radius 3 is 2.65 bits per heavy atom. The third-order valence-electron chi connectivity index (χ3n) is 3.51. The molecule has 7 heteroatoms. The van der Waals surface area contributed by atoms with E-state index in [-0.39, 0.29) is 4.90 Å². The Labute approximate surface area is 142 Å². The molecule has 0 amide bonds. The number of aromatic amines is 1.